The van der Waals surface area contributed by atoms with Crippen molar-refractivity contribution in [1.82, 2.24) is 20.4 Å². The molecule has 9 heteroatoms. The summed E-state index contributed by atoms with van der Waals surface area (Å²) in [5, 5.41) is 0.972. The van der Waals surface area contributed by atoms with E-state index in [1.807, 2.05) is 13.8 Å². The molecule has 0 aliphatic rings. The zero-order valence-corrected chi connectivity index (χ0v) is 17.4. The van der Waals surface area contributed by atoms with Gasteiger partial charge in [-0.3, -0.25) is 25.2 Å². The number of nitrogens with one attached hydrogen (secondary N) is 2. The number of fused-ring (bicyclic) bond motifs is 1. The third kappa shape index (κ3) is 4.96. The first-order valence-corrected chi connectivity index (χ1v) is 10.2. The van der Waals surface area contributed by atoms with Gasteiger partial charge < -0.3 is 4.57 Å². The van der Waals surface area contributed by atoms with Crippen LogP contribution in [-0.2, 0) is 11.3 Å². The molecule has 7 nitrogen and oxygen atoms in total. The molecule has 2 amide bonds. The lowest BCUT2D eigenvalue weighted by Crippen LogP contribution is -2.44. The number of pyridine rings is 2. The van der Waals surface area contributed by atoms with Crippen molar-refractivity contribution >= 4 is 46.2 Å². The van der Waals surface area contributed by atoms with Gasteiger partial charge in [0, 0.05) is 28.4 Å². The van der Waals surface area contributed by atoms with Crippen molar-refractivity contribution in [2.45, 2.75) is 25.3 Å². The highest BCUT2D eigenvalue weighted by Gasteiger charge is 2.16. The number of carbonyl (C=O) groups excluding carboxylic acids is 2. The van der Waals surface area contributed by atoms with Crippen LogP contribution in [-0.4, -0.2) is 27.1 Å². The van der Waals surface area contributed by atoms with E-state index in [2.05, 4.69) is 15.8 Å². The van der Waals surface area contributed by atoms with E-state index >= 15 is 0 Å². The van der Waals surface area contributed by atoms with Gasteiger partial charge in [0.1, 0.15) is 11.2 Å². The molecule has 0 radical (unpaired) electrons. The van der Waals surface area contributed by atoms with E-state index in [9.17, 15) is 14.4 Å². The summed E-state index contributed by atoms with van der Waals surface area (Å²) < 4.78 is 1.73. The van der Waals surface area contributed by atoms with Crippen LogP contribution in [0.2, 0.25) is 5.02 Å². The Morgan fingerprint density at radius 1 is 1.14 bits per heavy atom. The van der Waals surface area contributed by atoms with E-state index in [-0.39, 0.29) is 11.3 Å². The maximum Gasteiger partial charge on any atom is 0.275 e. The SMILES string of the molecule is CCn1cc(C(=O)NNC(=O)CSc2ccc(Cl)cc2)c(=O)c2ccc(C)nc21. The Morgan fingerprint density at radius 3 is 2.55 bits per heavy atom. The summed E-state index contributed by atoms with van der Waals surface area (Å²) >= 11 is 7.13. The minimum absolute atomic E-state index is 0.0596. The Hall–Kier alpha value is -2.84. The molecule has 1 aromatic carbocycles. The quantitative estimate of drug-likeness (QED) is 0.479. The smallest absolute Gasteiger partial charge is 0.275 e. The predicted octanol–water partition coefficient (Wildman–Crippen LogP) is 2.93. The largest absolute Gasteiger partial charge is 0.332 e. The average molecular weight is 431 g/mol. The van der Waals surface area contributed by atoms with E-state index in [1.165, 1.54) is 18.0 Å². The molecule has 0 aliphatic heterocycles. The number of aryl methyl sites for hydroxylation is 2. The van der Waals surface area contributed by atoms with Gasteiger partial charge in [0.05, 0.1) is 11.1 Å². The number of thioether (sulfide) groups is 1. The Kier molecular flexibility index (Phi) is 6.56. The molecule has 0 spiro atoms. The molecule has 3 rings (SSSR count). The summed E-state index contributed by atoms with van der Waals surface area (Å²) in [5.41, 5.74) is 5.46. The summed E-state index contributed by atoms with van der Waals surface area (Å²) in [5.74, 6) is -0.973. The number of hydrogen-bond donors (Lipinski definition) is 2. The first-order valence-electron chi connectivity index (χ1n) is 8.87. The molecule has 0 saturated carbocycles. The van der Waals surface area contributed by atoms with Crippen molar-refractivity contribution in [1.29, 1.82) is 0 Å². The van der Waals surface area contributed by atoms with Crippen LogP contribution in [0.3, 0.4) is 0 Å². The molecule has 0 aliphatic carbocycles. The molecular weight excluding hydrogens is 412 g/mol. The van der Waals surface area contributed by atoms with Crippen molar-refractivity contribution in [3.05, 3.63) is 69.1 Å². The van der Waals surface area contributed by atoms with Gasteiger partial charge in [0.15, 0.2) is 0 Å². The van der Waals surface area contributed by atoms with Crippen LogP contribution in [0.1, 0.15) is 23.0 Å². The van der Waals surface area contributed by atoms with Gasteiger partial charge in [-0.05, 0) is 50.2 Å². The van der Waals surface area contributed by atoms with Crippen molar-refractivity contribution in [3.63, 3.8) is 0 Å². The average Bonchev–Trinajstić information content (AvgIpc) is 2.71. The fraction of sp³-hybridized carbons (Fsp3) is 0.200. The van der Waals surface area contributed by atoms with E-state index < -0.39 is 17.2 Å². The Balaban J connectivity index is 1.68. The summed E-state index contributed by atoms with van der Waals surface area (Å²) in [6.45, 7) is 4.27. The zero-order chi connectivity index (χ0) is 21.0. The molecule has 0 unspecified atom stereocenters. The van der Waals surface area contributed by atoms with E-state index in [4.69, 9.17) is 11.6 Å². The minimum atomic E-state index is -0.676. The van der Waals surface area contributed by atoms with Crippen LogP contribution in [0.5, 0.6) is 0 Å². The number of nitrogens with zero attached hydrogens (tertiary/aromatic N) is 2. The molecule has 0 bridgehead atoms. The topological polar surface area (TPSA) is 93.1 Å². The molecule has 2 N–H and O–H groups in total. The second kappa shape index (κ2) is 9.11. The first kappa shape index (κ1) is 20.9. The van der Waals surface area contributed by atoms with Crippen LogP contribution >= 0.6 is 23.4 Å². The second-order valence-corrected chi connectivity index (χ2v) is 7.71. The lowest BCUT2D eigenvalue weighted by atomic mass is 10.1. The van der Waals surface area contributed by atoms with Crippen LogP contribution < -0.4 is 16.3 Å². The van der Waals surface area contributed by atoms with Gasteiger partial charge >= 0.3 is 0 Å². The molecule has 3 aromatic rings. The summed E-state index contributed by atoms with van der Waals surface area (Å²) in [4.78, 5) is 42.4. The van der Waals surface area contributed by atoms with Gasteiger partial charge in [0.25, 0.3) is 5.91 Å². The van der Waals surface area contributed by atoms with Crippen molar-refractivity contribution in [3.8, 4) is 0 Å². The van der Waals surface area contributed by atoms with Crippen LogP contribution in [0.4, 0.5) is 0 Å². The Labute approximate surface area is 176 Å². The van der Waals surface area contributed by atoms with Gasteiger partial charge in [-0.25, -0.2) is 4.98 Å². The molecule has 2 aromatic heterocycles. The number of hydrogen-bond acceptors (Lipinski definition) is 5. The number of amides is 2. The number of aromatic nitrogens is 2. The van der Waals surface area contributed by atoms with Gasteiger partial charge in [-0.1, -0.05) is 11.6 Å². The fourth-order valence-corrected chi connectivity index (χ4v) is 3.50. The predicted molar refractivity (Wildman–Crippen MR) is 114 cm³/mol. The third-order valence-electron chi connectivity index (χ3n) is 4.14. The summed E-state index contributed by atoms with van der Waals surface area (Å²) in [6, 6.07) is 10.5. The molecule has 150 valence electrons. The molecule has 0 atom stereocenters. The summed E-state index contributed by atoms with van der Waals surface area (Å²) in [6.07, 6.45) is 1.46. The first-order chi connectivity index (χ1) is 13.9. The molecular formula is C20H19ClN4O3S. The minimum Gasteiger partial charge on any atom is -0.332 e. The normalized spacial score (nSPS) is 10.7. The van der Waals surface area contributed by atoms with Crippen molar-refractivity contribution in [2.75, 3.05) is 5.75 Å². The fourth-order valence-electron chi connectivity index (χ4n) is 2.67. The number of rotatable bonds is 5. The lowest BCUT2D eigenvalue weighted by Gasteiger charge is -2.12. The van der Waals surface area contributed by atoms with E-state index in [0.29, 0.717) is 22.6 Å². The number of benzene rings is 1. The van der Waals surface area contributed by atoms with Gasteiger partial charge in [0.2, 0.25) is 11.3 Å². The number of halogens is 1. The van der Waals surface area contributed by atoms with Crippen LogP contribution in [0.25, 0.3) is 11.0 Å². The highest BCUT2D eigenvalue weighted by atomic mass is 35.5. The van der Waals surface area contributed by atoms with E-state index in [1.54, 1.807) is 41.0 Å². The Morgan fingerprint density at radius 2 is 1.86 bits per heavy atom. The number of carbonyl (C=O) groups is 2. The maximum atomic E-state index is 12.7. The molecule has 0 fully saturated rings. The van der Waals surface area contributed by atoms with E-state index in [0.717, 1.165) is 10.6 Å². The maximum absolute atomic E-state index is 12.7. The standard InChI is InChI=1S/C20H19ClN4O3S/c1-3-25-10-16(18(27)15-9-4-12(2)22-19(15)25)20(28)24-23-17(26)11-29-14-7-5-13(21)6-8-14/h4-10H,3,11H2,1-2H3,(H,23,26)(H,24,28). The van der Waals surface area contributed by atoms with Gasteiger partial charge in [-0.15, -0.1) is 11.8 Å². The van der Waals surface area contributed by atoms with Crippen molar-refractivity contribution < 1.29 is 9.59 Å². The van der Waals surface area contributed by atoms with Gasteiger partial charge in [-0.2, -0.15) is 0 Å². The molecule has 29 heavy (non-hydrogen) atoms. The highest BCUT2D eigenvalue weighted by molar-refractivity contribution is 8.00. The highest BCUT2D eigenvalue weighted by Crippen LogP contribution is 2.19. The lowest BCUT2D eigenvalue weighted by molar-refractivity contribution is -0.119. The van der Waals surface area contributed by atoms with Crippen molar-refractivity contribution in [2.24, 2.45) is 0 Å². The zero-order valence-electron chi connectivity index (χ0n) is 15.9. The van der Waals surface area contributed by atoms with Crippen LogP contribution in [0, 0.1) is 6.92 Å². The third-order valence-corrected chi connectivity index (χ3v) is 5.41. The molecule has 2 heterocycles. The second-order valence-electron chi connectivity index (χ2n) is 6.23. The number of hydrazine groups is 1. The summed E-state index contributed by atoms with van der Waals surface area (Å²) in [7, 11) is 0. The molecule has 0 saturated heterocycles. The monoisotopic (exact) mass is 430 g/mol. The van der Waals surface area contributed by atoms with Crippen LogP contribution in [0.15, 0.2) is 52.3 Å². The Bertz CT molecular complexity index is 1130.